The molecule has 0 aromatic heterocycles. The van der Waals surface area contributed by atoms with E-state index in [4.69, 9.17) is 11.6 Å². The van der Waals surface area contributed by atoms with Gasteiger partial charge >= 0.3 is 0 Å². The van der Waals surface area contributed by atoms with E-state index in [0.29, 0.717) is 5.02 Å². The first-order valence-corrected chi connectivity index (χ1v) is 7.01. The van der Waals surface area contributed by atoms with E-state index >= 15 is 0 Å². The van der Waals surface area contributed by atoms with Crippen LogP contribution < -0.4 is 0 Å². The van der Waals surface area contributed by atoms with E-state index in [9.17, 15) is 15.2 Å². The fourth-order valence-electron chi connectivity index (χ4n) is 2.97. The Labute approximate surface area is 117 Å². The molecule has 1 saturated carbocycles. The largest absolute Gasteiger partial charge is 0.393 e. The molecule has 104 valence electrons. The van der Waals surface area contributed by atoms with Gasteiger partial charge in [-0.1, -0.05) is 36.6 Å². The molecule has 1 aliphatic carbocycles. The Morgan fingerprint density at radius 3 is 2.53 bits per heavy atom. The number of nitro groups is 1. The Bertz CT molecular complexity index is 435. The molecule has 1 aromatic carbocycles. The molecule has 0 radical (unpaired) electrons. The lowest BCUT2D eigenvalue weighted by Gasteiger charge is -2.32. The van der Waals surface area contributed by atoms with Crippen LogP contribution >= 0.6 is 11.6 Å². The van der Waals surface area contributed by atoms with Gasteiger partial charge in [-0.05, 0) is 36.5 Å². The minimum Gasteiger partial charge on any atom is -0.393 e. The second kappa shape index (κ2) is 6.35. The average molecular weight is 284 g/mol. The molecule has 1 fully saturated rings. The Morgan fingerprint density at radius 2 is 1.95 bits per heavy atom. The molecular formula is C14H18ClNO3. The number of aliphatic hydroxyl groups excluding tert-OH is 1. The molecule has 3 atom stereocenters. The zero-order valence-electron chi connectivity index (χ0n) is 10.7. The lowest BCUT2D eigenvalue weighted by Crippen LogP contribution is -2.33. The summed E-state index contributed by atoms with van der Waals surface area (Å²) >= 11 is 5.85. The van der Waals surface area contributed by atoms with E-state index in [0.717, 1.165) is 31.2 Å². The van der Waals surface area contributed by atoms with Gasteiger partial charge in [-0.15, -0.1) is 0 Å². The molecule has 1 aromatic rings. The molecule has 0 heterocycles. The highest BCUT2D eigenvalue weighted by molar-refractivity contribution is 6.30. The summed E-state index contributed by atoms with van der Waals surface area (Å²) in [7, 11) is 0. The highest BCUT2D eigenvalue weighted by atomic mass is 35.5. The summed E-state index contributed by atoms with van der Waals surface area (Å²) in [5.41, 5.74) is 0.895. The predicted molar refractivity (Wildman–Crippen MR) is 74.0 cm³/mol. The van der Waals surface area contributed by atoms with Gasteiger partial charge in [0, 0.05) is 9.95 Å². The molecule has 2 rings (SSSR count). The number of nitrogens with zero attached hydrogens (tertiary/aromatic N) is 1. The molecular weight excluding hydrogens is 266 g/mol. The van der Waals surface area contributed by atoms with Gasteiger partial charge in [0.15, 0.2) is 0 Å². The van der Waals surface area contributed by atoms with Crippen LogP contribution in [-0.4, -0.2) is 22.7 Å². The average Bonchev–Trinajstić information content (AvgIpc) is 2.38. The van der Waals surface area contributed by atoms with E-state index in [2.05, 4.69) is 0 Å². The van der Waals surface area contributed by atoms with Crippen molar-refractivity contribution in [2.45, 2.75) is 37.7 Å². The smallest absolute Gasteiger partial charge is 0.211 e. The van der Waals surface area contributed by atoms with Crippen molar-refractivity contribution in [1.82, 2.24) is 0 Å². The van der Waals surface area contributed by atoms with Crippen molar-refractivity contribution in [1.29, 1.82) is 0 Å². The Balaban J connectivity index is 2.24. The minimum absolute atomic E-state index is 0.0275. The van der Waals surface area contributed by atoms with E-state index in [1.807, 2.05) is 12.1 Å². The Hall–Kier alpha value is -1.13. The third-order valence-corrected chi connectivity index (χ3v) is 4.19. The van der Waals surface area contributed by atoms with Crippen molar-refractivity contribution in [3.63, 3.8) is 0 Å². The fraction of sp³-hybridized carbons (Fsp3) is 0.571. The Kier molecular flexibility index (Phi) is 4.77. The van der Waals surface area contributed by atoms with Crippen LogP contribution in [0.1, 0.15) is 37.2 Å². The molecule has 1 aliphatic rings. The summed E-state index contributed by atoms with van der Waals surface area (Å²) in [6.07, 6.45) is 3.19. The van der Waals surface area contributed by atoms with Gasteiger partial charge < -0.3 is 5.11 Å². The van der Waals surface area contributed by atoms with Gasteiger partial charge in [-0.25, -0.2) is 0 Å². The molecule has 4 nitrogen and oxygen atoms in total. The molecule has 0 aliphatic heterocycles. The number of hydrogen-bond acceptors (Lipinski definition) is 3. The van der Waals surface area contributed by atoms with Crippen molar-refractivity contribution in [2.75, 3.05) is 6.54 Å². The first-order chi connectivity index (χ1) is 9.08. The molecule has 1 unspecified atom stereocenters. The maximum absolute atomic E-state index is 10.9. The number of aliphatic hydroxyl groups is 1. The predicted octanol–water partition coefficient (Wildman–Crippen LogP) is 3.25. The van der Waals surface area contributed by atoms with E-state index < -0.39 is 6.10 Å². The van der Waals surface area contributed by atoms with Crippen molar-refractivity contribution in [3.05, 3.63) is 45.0 Å². The van der Waals surface area contributed by atoms with Crippen LogP contribution in [0.25, 0.3) is 0 Å². The van der Waals surface area contributed by atoms with Crippen LogP contribution in [0, 0.1) is 16.0 Å². The van der Waals surface area contributed by atoms with Crippen LogP contribution in [0.4, 0.5) is 0 Å². The van der Waals surface area contributed by atoms with Gasteiger partial charge in [0.1, 0.15) is 0 Å². The Morgan fingerprint density at radius 1 is 1.32 bits per heavy atom. The van der Waals surface area contributed by atoms with Crippen molar-refractivity contribution < 1.29 is 10.0 Å². The third-order valence-electron chi connectivity index (χ3n) is 3.94. The summed E-state index contributed by atoms with van der Waals surface area (Å²) in [5, 5.41) is 21.6. The number of halogens is 1. The highest BCUT2D eigenvalue weighted by Crippen LogP contribution is 2.36. The molecule has 0 amide bonds. The van der Waals surface area contributed by atoms with Crippen LogP contribution in [0.15, 0.2) is 24.3 Å². The second-order valence-corrected chi connectivity index (χ2v) is 5.63. The molecule has 19 heavy (non-hydrogen) atoms. The lowest BCUT2D eigenvalue weighted by molar-refractivity contribution is -0.485. The van der Waals surface area contributed by atoms with Crippen molar-refractivity contribution in [2.24, 2.45) is 5.92 Å². The number of benzene rings is 1. The highest BCUT2D eigenvalue weighted by Gasteiger charge is 2.34. The summed E-state index contributed by atoms with van der Waals surface area (Å²) in [6, 6.07) is 7.16. The maximum Gasteiger partial charge on any atom is 0.211 e. The summed E-state index contributed by atoms with van der Waals surface area (Å²) < 4.78 is 0. The fourth-order valence-corrected chi connectivity index (χ4v) is 3.09. The second-order valence-electron chi connectivity index (χ2n) is 5.19. The van der Waals surface area contributed by atoms with E-state index in [-0.39, 0.29) is 23.3 Å². The van der Waals surface area contributed by atoms with Crippen LogP contribution in [0.3, 0.4) is 0 Å². The lowest BCUT2D eigenvalue weighted by atomic mass is 9.75. The monoisotopic (exact) mass is 283 g/mol. The van der Waals surface area contributed by atoms with Crippen molar-refractivity contribution >= 4 is 11.6 Å². The summed E-state index contributed by atoms with van der Waals surface area (Å²) in [4.78, 5) is 10.6. The molecule has 0 spiro atoms. The normalized spacial score (nSPS) is 24.9. The standard InChI is InChI=1S/C14H18ClNO3/c15-11-7-5-10(6-8-11)13(9-16(18)19)12-3-1-2-4-14(12)17/h5-8,12-14,17H,1-4,9H2/t12?,13-,14+/m0/s1. The van der Waals surface area contributed by atoms with Crippen LogP contribution in [0.5, 0.6) is 0 Å². The van der Waals surface area contributed by atoms with Gasteiger partial charge in [-0.2, -0.15) is 0 Å². The van der Waals surface area contributed by atoms with Gasteiger partial charge in [0.2, 0.25) is 6.54 Å². The quantitative estimate of drug-likeness (QED) is 0.681. The molecule has 0 bridgehead atoms. The molecule has 5 heteroatoms. The van der Waals surface area contributed by atoms with E-state index in [1.54, 1.807) is 12.1 Å². The first kappa shape index (κ1) is 14.3. The first-order valence-electron chi connectivity index (χ1n) is 6.63. The zero-order valence-corrected chi connectivity index (χ0v) is 11.4. The SMILES string of the molecule is O=[N+]([O-])C[C@@H](c1ccc(Cl)cc1)C1CCCC[C@H]1O. The van der Waals surface area contributed by atoms with Gasteiger partial charge in [-0.3, -0.25) is 10.1 Å². The minimum atomic E-state index is -0.436. The van der Waals surface area contributed by atoms with Gasteiger partial charge in [0.05, 0.1) is 12.0 Å². The number of rotatable bonds is 4. The summed E-state index contributed by atoms with van der Waals surface area (Å²) in [6.45, 7) is -0.136. The zero-order chi connectivity index (χ0) is 13.8. The third kappa shape index (κ3) is 3.67. The summed E-state index contributed by atoms with van der Waals surface area (Å²) in [5.74, 6) is -0.261. The topological polar surface area (TPSA) is 63.4 Å². The van der Waals surface area contributed by atoms with Crippen molar-refractivity contribution in [3.8, 4) is 0 Å². The van der Waals surface area contributed by atoms with Gasteiger partial charge in [0.25, 0.3) is 0 Å². The van der Waals surface area contributed by atoms with Crippen LogP contribution in [0.2, 0.25) is 5.02 Å². The van der Waals surface area contributed by atoms with Crippen LogP contribution in [-0.2, 0) is 0 Å². The molecule has 1 N–H and O–H groups in total. The maximum atomic E-state index is 10.9. The van der Waals surface area contributed by atoms with E-state index in [1.165, 1.54) is 0 Å². The number of hydrogen-bond donors (Lipinski definition) is 1. The molecule has 0 saturated heterocycles.